The third-order valence-corrected chi connectivity index (χ3v) is 3.60. The fraction of sp³-hybridized carbons (Fsp3) is 0.400. The molecule has 1 saturated heterocycles. The Morgan fingerprint density at radius 3 is 2.38 bits per heavy atom. The van der Waals surface area contributed by atoms with Gasteiger partial charge in [0.05, 0.1) is 6.54 Å². The van der Waals surface area contributed by atoms with Crippen LogP contribution in [0.15, 0.2) is 40.9 Å². The van der Waals surface area contributed by atoms with Gasteiger partial charge in [-0.25, -0.2) is 0 Å². The second-order valence-corrected chi connectivity index (χ2v) is 5.12. The molecule has 2 aromatic rings. The van der Waals surface area contributed by atoms with Crippen molar-refractivity contribution in [2.75, 3.05) is 33.2 Å². The van der Waals surface area contributed by atoms with Crippen molar-refractivity contribution in [3.8, 4) is 11.3 Å². The Labute approximate surface area is 137 Å². The van der Waals surface area contributed by atoms with Gasteiger partial charge in [0, 0.05) is 37.8 Å². The van der Waals surface area contributed by atoms with Crippen LogP contribution in [0.1, 0.15) is 5.76 Å². The summed E-state index contributed by atoms with van der Waals surface area (Å²) in [6.45, 7) is 5.29. The summed E-state index contributed by atoms with van der Waals surface area (Å²) >= 11 is 0. The van der Waals surface area contributed by atoms with Crippen LogP contribution < -0.4 is 0 Å². The van der Waals surface area contributed by atoms with Crippen LogP contribution in [0.4, 0.5) is 0 Å². The molecule has 6 heteroatoms. The van der Waals surface area contributed by atoms with Crippen LogP contribution in [-0.4, -0.2) is 48.2 Å². The molecular weight excluding hydrogens is 309 g/mol. The van der Waals surface area contributed by atoms with Gasteiger partial charge in [0.15, 0.2) is 5.76 Å². The van der Waals surface area contributed by atoms with E-state index in [1.165, 1.54) is 0 Å². The molecule has 4 nitrogen and oxygen atoms in total. The smallest absolute Gasteiger partial charge is 0.151 e. The lowest BCUT2D eigenvalue weighted by Gasteiger charge is -2.31. The van der Waals surface area contributed by atoms with Gasteiger partial charge in [0.25, 0.3) is 0 Å². The van der Waals surface area contributed by atoms with E-state index < -0.39 is 0 Å². The second-order valence-electron chi connectivity index (χ2n) is 5.12. The molecule has 21 heavy (non-hydrogen) atoms. The average molecular weight is 330 g/mol. The number of piperazine rings is 1. The van der Waals surface area contributed by atoms with Crippen LogP contribution >= 0.6 is 24.8 Å². The summed E-state index contributed by atoms with van der Waals surface area (Å²) in [7, 11) is 2.17. The average Bonchev–Trinajstić information content (AvgIpc) is 2.91. The van der Waals surface area contributed by atoms with E-state index in [2.05, 4.69) is 34.1 Å². The lowest BCUT2D eigenvalue weighted by atomic mass is 10.1. The first-order valence-electron chi connectivity index (χ1n) is 6.73. The molecule has 2 heterocycles. The lowest BCUT2D eigenvalue weighted by Crippen LogP contribution is -2.43. The molecule has 0 unspecified atom stereocenters. The highest BCUT2D eigenvalue weighted by Crippen LogP contribution is 2.19. The largest absolute Gasteiger partial charge is 0.359 e. The van der Waals surface area contributed by atoms with E-state index in [4.69, 9.17) is 4.52 Å². The molecule has 0 spiro atoms. The van der Waals surface area contributed by atoms with Crippen LogP contribution in [0, 0.1) is 0 Å². The maximum Gasteiger partial charge on any atom is 0.151 e. The first-order chi connectivity index (χ1) is 9.31. The number of aromatic nitrogens is 1. The summed E-state index contributed by atoms with van der Waals surface area (Å²) < 4.78 is 5.44. The molecule has 116 valence electrons. The summed E-state index contributed by atoms with van der Waals surface area (Å²) in [4.78, 5) is 4.77. The van der Waals surface area contributed by atoms with Crippen molar-refractivity contribution in [2.24, 2.45) is 0 Å². The molecule has 0 radical (unpaired) electrons. The molecule has 3 rings (SSSR count). The third-order valence-electron chi connectivity index (χ3n) is 3.60. The normalized spacial score (nSPS) is 16.0. The summed E-state index contributed by atoms with van der Waals surface area (Å²) in [6, 6.07) is 12.2. The van der Waals surface area contributed by atoms with Crippen molar-refractivity contribution in [1.82, 2.24) is 15.0 Å². The summed E-state index contributed by atoms with van der Waals surface area (Å²) in [5.41, 5.74) is 2.03. The Kier molecular flexibility index (Phi) is 7.18. The molecule has 0 atom stereocenters. The van der Waals surface area contributed by atoms with Crippen molar-refractivity contribution in [1.29, 1.82) is 0 Å². The van der Waals surface area contributed by atoms with Crippen LogP contribution in [0.5, 0.6) is 0 Å². The first kappa shape index (κ1) is 18.0. The quantitative estimate of drug-likeness (QED) is 0.866. The van der Waals surface area contributed by atoms with Crippen molar-refractivity contribution in [3.05, 3.63) is 42.2 Å². The van der Waals surface area contributed by atoms with E-state index in [1.54, 1.807) is 0 Å². The Hall–Kier alpha value is -1.07. The van der Waals surface area contributed by atoms with E-state index in [1.807, 2.05) is 24.3 Å². The van der Waals surface area contributed by atoms with Gasteiger partial charge in [-0.05, 0) is 7.05 Å². The Morgan fingerprint density at radius 1 is 1.05 bits per heavy atom. The summed E-state index contributed by atoms with van der Waals surface area (Å²) in [5.74, 6) is 0.948. The Balaban J connectivity index is 0.00000110. The van der Waals surface area contributed by atoms with Gasteiger partial charge >= 0.3 is 0 Å². The van der Waals surface area contributed by atoms with Gasteiger partial charge in [0.2, 0.25) is 0 Å². The molecule has 1 aliphatic rings. The minimum atomic E-state index is 0. The maximum atomic E-state index is 5.44. The van der Waals surface area contributed by atoms with Crippen molar-refractivity contribution < 1.29 is 4.52 Å². The molecule has 0 saturated carbocycles. The molecule has 0 amide bonds. The van der Waals surface area contributed by atoms with Crippen LogP contribution in [0.3, 0.4) is 0 Å². The summed E-state index contributed by atoms with van der Waals surface area (Å²) in [5, 5.41) is 4.15. The van der Waals surface area contributed by atoms with Gasteiger partial charge < -0.3 is 9.42 Å². The van der Waals surface area contributed by atoms with E-state index in [0.717, 1.165) is 49.7 Å². The van der Waals surface area contributed by atoms with Crippen LogP contribution in [-0.2, 0) is 6.54 Å². The van der Waals surface area contributed by atoms with Gasteiger partial charge in [-0.2, -0.15) is 0 Å². The van der Waals surface area contributed by atoms with Crippen molar-refractivity contribution in [2.45, 2.75) is 6.54 Å². The molecule has 0 N–H and O–H groups in total. The number of hydrogen-bond donors (Lipinski definition) is 0. The minimum Gasteiger partial charge on any atom is -0.359 e. The van der Waals surface area contributed by atoms with E-state index in [9.17, 15) is 0 Å². The van der Waals surface area contributed by atoms with Crippen molar-refractivity contribution >= 4 is 24.8 Å². The lowest BCUT2D eigenvalue weighted by molar-refractivity contribution is 0.137. The SMILES string of the molecule is CN1CCN(Cc2cc(-c3ccccc3)no2)CC1.Cl.Cl. The number of hydrogen-bond acceptors (Lipinski definition) is 4. The maximum absolute atomic E-state index is 5.44. The molecule has 1 aromatic carbocycles. The second kappa shape index (κ2) is 8.39. The number of rotatable bonds is 3. The fourth-order valence-corrected chi connectivity index (χ4v) is 2.36. The topological polar surface area (TPSA) is 32.5 Å². The van der Waals surface area contributed by atoms with E-state index in [-0.39, 0.29) is 24.8 Å². The van der Waals surface area contributed by atoms with Gasteiger partial charge in [0.1, 0.15) is 5.69 Å². The molecule has 1 aromatic heterocycles. The van der Waals surface area contributed by atoms with Crippen LogP contribution in [0.25, 0.3) is 11.3 Å². The standard InChI is InChI=1S/C15H19N3O.2ClH/c1-17-7-9-18(10-8-17)12-14-11-15(16-19-14)13-5-3-2-4-6-13;;/h2-6,11H,7-10,12H2,1H3;2*1H. The molecular formula is C15H21Cl2N3O. The number of halogens is 2. The zero-order valence-electron chi connectivity index (χ0n) is 12.1. The predicted molar refractivity (Wildman–Crippen MR) is 89.2 cm³/mol. The molecule has 0 bridgehead atoms. The monoisotopic (exact) mass is 329 g/mol. The predicted octanol–water partition coefficient (Wildman–Crippen LogP) is 2.93. The molecule has 0 aliphatic carbocycles. The van der Waals surface area contributed by atoms with Crippen LogP contribution in [0.2, 0.25) is 0 Å². The molecule has 1 fully saturated rings. The zero-order valence-corrected chi connectivity index (χ0v) is 13.7. The van der Waals surface area contributed by atoms with Gasteiger partial charge in [-0.1, -0.05) is 35.5 Å². The highest BCUT2D eigenvalue weighted by atomic mass is 35.5. The number of benzene rings is 1. The van der Waals surface area contributed by atoms with Gasteiger partial charge in [-0.3, -0.25) is 4.90 Å². The van der Waals surface area contributed by atoms with E-state index >= 15 is 0 Å². The van der Waals surface area contributed by atoms with Gasteiger partial charge in [-0.15, -0.1) is 24.8 Å². The minimum absolute atomic E-state index is 0. The Bertz CT molecular complexity index is 525. The highest BCUT2D eigenvalue weighted by molar-refractivity contribution is 5.85. The third kappa shape index (κ3) is 4.71. The van der Waals surface area contributed by atoms with Crippen molar-refractivity contribution in [3.63, 3.8) is 0 Å². The zero-order chi connectivity index (χ0) is 13.1. The molecule has 1 aliphatic heterocycles. The summed E-state index contributed by atoms with van der Waals surface area (Å²) in [6.07, 6.45) is 0. The highest BCUT2D eigenvalue weighted by Gasteiger charge is 2.16. The fourth-order valence-electron chi connectivity index (χ4n) is 2.36. The number of nitrogens with zero attached hydrogens (tertiary/aromatic N) is 3. The first-order valence-corrected chi connectivity index (χ1v) is 6.73. The number of likely N-dealkylation sites (N-methyl/N-ethyl adjacent to an activating group) is 1. The Morgan fingerprint density at radius 2 is 1.71 bits per heavy atom. The van der Waals surface area contributed by atoms with E-state index in [0.29, 0.717) is 0 Å².